The first-order valence-electron chi connectivity index (χ1n) is 7.81. The summed E-state index contributed by atoms with van der Waals surface area (Å²) in [6.45, 7) is 0. The van der Waals surface area contributed by atoms with Crippen molar-refractivity contribution in [3.63, 3.8) is 0 Å². The van der Waals surface area contributed by atoms with Crippen LogP contribution in [0.4, 0.5) is 11.4 Å². The lowest BCUT2D eigenvalue weighted by molar-refractivity contribution is -0.384. The summed E-state index contributed by atoms with van der Waals surface area (Å²) in [6, 6.07) is 11.9. The van der Waals surface area contributed by atoms with E-state index in [1.807, 2.05) is 28.3 Å². The van der Waals surface area contributed by atoms with Gasteiger partial charge in [0, 0.05) is 17.0 Å². The van der Waals surface area contributed by atoms with Crippen molar-refractivity contribution in [3.05, 3.63) is 85.3 Å². The van der Waals surface area contributed by atoms with Crippen LogP contribution in [-0.4, -0.2) is 15.8 Å². The molecule has 1 aromatic carbocycles. The van der Waals surface area contributed by atoms with Crippen LogP contribution >= 0.6 is 22.7 Å². The Morgan fingerprint density at radius 3 is 2.78 bits per heavy atom. The van der Waals surface area contributed by atoms with Gasteiger partial charge >= 0.3 is 0 Å². The number of nitro benzene ring substituents is 1. The summed E-state index contributed by atoms with van der Waals surface area (Å²) in [5, 5.41) is 21.6. The number of thiazole rings is 1. The molecule has 0 saturated carbocycles. The fraction of sp³-hybridized carbons (Fsp3) is 0. The van der Waals surface area contributed by atoms with Crippen LogP contribution < -0.4 is 4.80 Å². The molecule has 3 heterocycles. The molecule has 4 rings (SSSR count). The molecule has 0 aliphatic heterocycles. The molecular weight excluding hydrogens is 384 g/mol. The lowest BCUT2D eigenvalue weighted by Crippen LogP contribution is -2.11. The van der Waals surface area contributed by atoms with Gasteiger partial charge in [0.15, 0.2) is 5.76 Å². The number of hydrogen-bond donors (Lipinski definition) is 0. The first-order valence-corrected chi connectivity index (χ1v) is 9.64. The minimum Gasteiger partial charge on any atom is -0.463 e. The third kappa shape index (κ3) is 3.64. The maximum atomic E-state index is 11.3. The van der Waals surface area contributed by atoms with Crippen LogP contribution in [0.1, 0.15) is 5.56 Å². The zero-order chi connectivity index (χ0) is 18.6. The molecule has 0 spiro atoms. The third-order valence-corrected chi connectivity index (χ3v) is 5.14. The van der Waals surface area contributed by atoms with Gasteiger partial charge in [-0.3, -0.25) is 10.1 Å². The number of thiophene rings is 1. The van der Waals surface area contributed by atoms with E-state index < -0.39 is 4.92 Å². The predicted molar refractivity (Wildman–Crippen MR) is 106 cm³/mol. The molecule has 0 unspecified atom stereocenters. The van der Waals surface area contributed by atoms with E-state index >= 15 is 0 Å². The maximum Gasteiger partial charge on any atom is 0.294 e. The second kappa shape index (κ2) is 7.52. The molecule has 4 aromatic rings. The number of rotatable bonds is 5. The summed E-state index contributed by atoms with van der Waals surface area (Å²) in [6.07, 6.45) is 3.30. The topological polar surface area (TPSA) is 85.9 Å². The number of hydrogen-bond acceptors (Lipinski definition) is 7. The number of benzene rings is 1. The van der Waals surface area contributed by atoms with Crippen LogP contribution in [0.5, 0.6) is 0 Å². The monoisotopic (exact) mass is 396 g/mol. The Morgan fingerprint density at radius 1 is 1.15 bits per heavy atom. The van der Waals surface area contributed by atoms with Gasteiger partial charge in [-0.15, -0.1) is 11.3 Å². The van der Waals surface area contributed by atoms with Gasteiger partial charge in [-0.25, -0.2) is 9.67 Å². The highest BCUT2D eigenvalue weighted by molar-refractivity contribution is 7.08. The Bertz CT molecular complexity index is 1160. The normalized spacial score (nSPS) is 12.1. The van der Waals surface area contributed by atoms with Crippen molar-refractivity contribution >= 4 is 40.3 Å². The Morgan fingerprint density at radius 2 is 2.04 bits per heavy atom. The molecule has 0 aliphatic carbocycles. The summed E-state index contributed by atoms with van der Waals surface area (Å²) in [4.78, 5) is 15.8. The van der Waals surface area contributed by atoms with Gasteiger partial charge in [-0.1, -0.05) is 12.1 Å². The minimum atomic E-state index is -0.446. The zero-order valence-corrected chi connectivity index (χ0v) is 15.4. The number of aromatic nitrogens is 1. The second-order valence-corrected chi connectivity index (χ2v) is 6.97. The molecule has 0 bridgehead atoms. The summed E-state index contributed by atoms with van der Waals surface area (Å²) < 4.78 is 7.11. The quantitative estimate of drug-likeness (QED) is 0.273. The highest BCUT2D eigenvalue weighted by Gasteiger charge is 2.14. The molecule has 0 fully saturated rings. The molecule has 9 heteroatoms. The second-order valence-electron chi connectivity index (χ2n) is 5.35. The molecule has 0 aliphatic rings. The number of furan rings is 1. The van der Waals surface area contributed by atoms with Crippen LogP contribution in [0, 0.1) is 10.1 Å². The van der Waals surface area contributed by atoms with E-state index in [0.29, 0.717) is 16.3 Å². The summed E-state index contributed by atoms with van der Waals surface area (Å²) in [5.74, 6) is 0.637. The van der Waals surface area contributed by atoms with Crippen LogP contribution in [0.3, 0.4) is 0 Å². The summed E-state index contributed by atoms with van der Waals surface area (Å²) in [7, 11) is 0. The van der Waals surface area contributed by atoms with Gasteiger partial charge in [-0.2, -0.15) is 16.4 Å². The molecule has 0 atom stereocenters. The fourth-order valence-electron chi connectivity index (χ4n) is 2.37. The van der Waals surface area contributed by atoms with Crippen LogP contribution in [0.15, 0.2) is 79.4 Å². The zero-order valence-electron chi connectivity index (χ0n) is 13.8. The van der Waals surface area contributed by atoms with Crippen LogP contribution in [0.25, 0.3) is 11.5 Å². The van der Waals surface area contributed by atoms with E-state index in [1.165, 1.54) is 17.4 Å². The minimum absolute atomic E-state index is 0.0567. The SMILES string of the molecule is O=[N+]([O-])c1ccccc1N=c1scc(-c2ccco2)n1N=Cc1ccsc1. The van der Waals surface area contributed by atoms with Crippen molar-refractivity contribution in [3.8, 4) is 11.5 Å². The Balaban J connectivity index is 1.87. The summed E-state index contributed by atoms with van der Waals surface area (Å²) in [5.41, 5.74) is 1.89. The highest BCUT2D eigenvalue weighted by Crippen LogP contribution is 2.27. The van der Waals surface area contributed by atoms with E-state index in [-0.39, 0.29) is 11.4 Å². The Labute approximate surface area is 161 Å². The van der Waals surface area contributed by atoms with Crippen molar-refractivity contribution in [1.82, 2.24) is 4.68 Å². The molecule has 134 valence electrons. The first-order chi connectivity index (χ1) is 13.2. The fourth-order valence-corrected chi connectivity index (χ4v) is 3.81. The Hall–Kier alpha value is -3.30. The molecular formula is C18H12N4O3S2. The van der Waals surface area contributed by atoms with Gasteiger partial charge in [0.25, 0.3) is 5.69 Å². The van der Waals surface area contributed by atoms with Crippen LogP contribution in [0.2, 0.25) is 0 Å². The van der Waals surface area contributed by atoms with Crippen molar-refractivity contribution in [2.75, 3.05) is 0 Å². The van der Waals surface area contributed by atoms with Gasteiger partial charge < -0.3 is 4.42 Å². The number of nitro groups is 1. The first kappa shape index (κ1) is 17.1. The predicted octanol–water partition coefficient (Wildman–Crippen LogP) is 4.89. The average Bonchev–Trinajstić information content (AvgIpc) is 3.42. The highest BCUT2D eigenvalue weighted by atomic mass is 32.1. The van der Waals surface area contributed by atoms with Gasteiger partial charge in [-0.05, 0) is 35.0 Å². The van der Waals surface area contributed by atoms with E-state index in [0.717, 1.165) is 5.56 Å². The molecule has 0 N–H and O–H groups in total. The van der Waals surface area contributed by atoms with Crippen molar-refractivity contribution < 1.29 is 9.34 Å². The van der Waals surface area contributed by atoms with E-state index in [4.69, 9.17) is 4.42 Å². The standard InChI is InChI=1S/C18H12N4O3S2/c23-22(24)15-5-2-1-4-14(15)20-18-21(19-10-13-7-9-26-11-13)16(12-27-18)17-6-3-8-25-17/h1-12H. The van der Waals surface area contributed by atoms with Crippen LogP contribution in [-0.2, 0) is 0 Å². The van der Waals surface area contributed by atoms with Crippen molar-refractivity contribution in [1.29, 1.82) is 0 Å². The van der Waals surface area contributed by atoms with Crippen molar-refractivity contribution in [2.45, 2.75) is 0 Å². The lowest BCUT2D eigenvalue weighted by atomic mass is 10.3. The molecule has 27 heavy (non-hydrogen) atoms. The van der Waals surface area contributed by atoms with Gasteiger partial charge in [0.2, 0.25) is 4.80 Å². The summed E-state index contributed by atoms with van der Waals surface area (Å²) >= 11 is 2.91. The van der Waals surface area contributed by atoms with E-state index in [2.05, 4.69) is 10.1 Å². The average molecular weight is 396 g/mol. The molecule has 0 amide bonds. The number of para-hydroxylation sites is 2. The smallest absolute Gasteiger partial charge is 0.294 e. The lowest BCUT2D eigenvalue weighted by Gasteiger charge is -2.00. The molecule has 3 aromatic heterocycles. The van der Waals surface area contributed by atoms with Gasteiger partial charge in [0.1, 0.15) is 11.4 Å². The largest absolute Gasteiger partial charge is 0.463 e. The van der Waals surface area contributed by atoms with E-state index in [9.17, 15) is 10.1 Å². The van der Waals surface area contributed by atoms with Gasteiger partial charge in [0.05, 0.1) is 17.4 Å². The third-order valence-electron chi connectivity index (χ3n) is 3.62. The Kier molecular flexibility index (Phi) is 4.77. The molecule has 0 radical (unpaired) electrons. The van der Waals surface area contributed by atoms with E-state index in [1.54, 1.807) is 52.8 Å². The number of nitrogens with zero attached hydrogens (tertiary/aromatic N) is 4. The molecule has 0 saturated heterocycles. The molecule has 7 nitrogen and oxygen atoms in total. The maximum absolute atomic E-state index is 11.3. The van der Waals surface area contributed by atoms with Crippen molar-refractivity contribution in [2.24, 2.45) is 10.1 Å².